The van der Waals surface area contributed by atoms with E-state index >= 15 is 0 Å². The molecule has 0 aromatic carbocycles. The molecule has 5 unspecified atom stereocenters. The zero-order valence-electron chi connectivity index (χ0n) is 11.3. The number of hydrogen-bond acceptors (Lipinski definition) is 6. The normalized spacial score (nSPS) is 37.2. The zero-order valence-corrected chi connectivity index (χ0v) is 11.3. The minimum absolute atomic E-state index is 0.266. The molecule has 0 spiro atoms. The van der Waals surface area contributed by atoms with Gasteiger partial charge in [0.05, 0.1) is 18.8 Å². The van der Waals surface area contributed by atoms with E-state index in [2.05, 4.69) is 4.90 Å². The molecule has 6 heteroatoms. The first kappa shape index (κ1) is 15.8. The fourth-order valence-electron chi connectivity index (χ4n) is 1.96. The first-order valence-electron chi connectivity index (χ1n) is 6.35. The molecule has 3 N–H and O–H groups in total. The van der Waals surface area contributed by atoms with Crippen molar-refractivity contribution >= 4 is 0 Å². The van der Waals surface area contributed by atoms with Gasteiger partial charge in [0.25, 0.3) is 0 Å². The average molecular weight is 263 g/mol. The number of aliphatic hydroxyl groups is 3. The molecule has 0 radical (unpaired) electrons. The molecule has 6 nitrogen and oxygen atoms in total. The first-order valence-corrected chi connectivity index (χ1v) is 6.35. The molecular weight excluding hydrogens is 238 g/mol. The van der Waals surface area contributed by atoms with Gasteiger partial charge in [-0.25, -0.2) is 0 Å². The number of nitrogens with zero attached hydrogens (tertiary/aromatic N) is 1. The van der Waals surface area contributed by atoms with Crippen LogP contribution in [0.15, 0.2) is 0 Å². The summed E-state index contributed by atoms with van der Waals surface area (Å²) >= 11 is 0. The van der Waals surface area contributed by atoms with E-state index in [1.807, 2.05) is 14.1 Å². The van der Waals surface area contributed by atoms with E-state index in [-0.39, 0.29) is 5.92 Å². The molecule has 1 heterocycles. The van der Waals surface area contributed by atoms with E-state index < -0.39 is 24.6 Å². The van der Waals surface area contributed by atoms with E-state index in [1.165, 1.54) is 0 Å². The van der Waals surface area contributed by atoms with Gasteiger partial charge in [0.2, 0.25) is 0 Å². The topological polar surface area (TPSA) is 82.4 Å². The molecule has 18 heavy (non-hydrogen) atoms. The van der Waals surface area contributed by atoms with Gasteiger partial charge in [-0.2, -0.15) is 0 Å². The standard InChI is InChI=1S/C12H25NO5/c1-8-9(7-17-6-4-5-13(2)3)18-12(16)11(15)10(8)14/h8-12,14-16H,4-7H2,1-3H3. The van der Waals surface area contributed by atoms with Crippen LogP contribution in [0.4, 0.5) is 0 Å². The van der Waals surface area contributed by atoms with Gasteiger partial charge in [-0.05, 0) is 27.1 Å². The van der Waals surface area contributed by atoms with Gasteiger partial charge >= 0.3 is 0 Å². The Morgan fingerprint density at radius 1 is 1.17 bits per heavy atom. The summed E-state index contributed by atoms with van der Waals surface area (Å²) in [5, 5.41) is 28.6. The second-order valence-electron chi connectivity index (χ2n) is 5.14. The SMILES string of the molecule is CC1C(COCCCN(C)C)OC(O)C(O)C1O. The maximum Gasteiger partial charge on any atom is 0.183 e. The lowest BCUT2D eigenvalue weighted by molar-refractivity contribution is -0.273. The summed E-state index contributed by atoms with van der Waals surface area (Å²) in [5.41, 5.74) is 0. The third-order valence-electron chi connectivity index (χ3n) is 3.26. The highest BCUT2D eigenvalue weighted by molar-refractivity contribution is 4.85. The van der Waals surface area contributed by atoms with Gasteiger partial charge in [-0.1, -0.05) is 6.92 Å². The Bertz CT molecular complexity index is 239. The van der Waals surface area contributed by atoms with Crippen LogP contribution in [-0.2, 0) is 9.47 Å². The van der Waals surface area contributed by atoms with E-state index in [0.717, 1.165) is 13.0 Å². The molecular formula is C12H25NO5. The van der Waals surface area contributed by atoms with Crippen molar-refractivity contribution < 1.29 is 24.8 Å². The molecule has 0 aliphatic carbocycles. The summed E-state index contributed by atoms with van der Waals surface area (Å²) < 4.78 is 10.7. The third-order valence-corrected chi connectivity index (χ3v) is 3.26. The van der Waals surface area contributed by atoms with E-state index in [0.29, 0.717) is 13.2 Å². The zero-order chi connectivity index (χ0) is 13.7. The van der Waals surface area contributed by atoms with Crippen molar-refractivity contribution in [3.8, 4) is 0 Å². The Morgan fingerprint density at radius 3 is 2.44 bits per heavy atom. The van der Waals surface area contributed by atoms with E-state index in [1.54, 1.807) is 6.92 Å². The van der Waals surface area contributed by atoms with Gasteiger partial charge in [-0.15, -0.1) is 0 Å². The average Bonchev–Trinajstić information content (AvgIpc) is 2.32. The highest BCUT2D eigenvalue weighted by atomic mass is 16.6. The third kappa shape index (κ3) is 4.46. The maximum atomic E-state index is 9.71. The lowest BCUT2D eigenvalue weighted by Crippen LogP contribution is -2.54. The quantitative estimate of drug-likeness (QED) is 0.535. The molecule has 1 fully saturated rings. The Balaban J connectivity index is 2.25. The van der Waals surface area contributed by atoms with Crippen LogP contribution in [0.25, 0.3) is 0 Å². The van der Waals surface area contributed by atoms with Crippen LogP contribution >= 0.6 is 0 Å². The summed E-state index contributed by atoms with van der Waals surface area (Å²) in [4.78, 5) is 2.08. The Morgan fingerprint density at radius 2 is 1.83 bits per heavy atom. The van der Waals surface area contributed by atoms with Crippen LogP contribution in [0, 0.1) is 5.92 Å². The first-order chi connectivity index (χ1) is 8.43. The van der Waals surface area contributed by atoms with Crippen molar-refractivity contribution in [3.05, 3.63) is 0 Å². The van der Waals surface area contributed by atoms with Crippen LogP contribution in [0.3, 0.4) is 0 Å². The largest absolute Gasteiger partial charge is 0.390 e. The molecule has 5 atom stereocenters. The van der Waals surface area contributed by atoms with Gasteiger partial charge in [0.15, 0.2) is 6.29 Å². The summed E-state index contributed by atoms with van der Waals surface area (Å²) in [6.07, 6.45) is -3.04. The molecule has 0 bridgehead atoms. The molecule has 0 aromatic rings. The molecule has 1 saturated heterocycles. The summed E-state index contributed by atoms with van der Waals surface area (Å²) in [6.45, 7) is 3.65. The Kier molecular flexibility index (Phi) is 6.48. The van der Waals surface area contributed by atoms with Crippen LogP contribution in [0.1, 0.15) is 13.3 Å². The predicted octanol–water partition coefficient (Wildman–Crippen LogP) is -0.970. The monoisotopic (exact) mass is 263 g/mol. The molecule has 0 aromatic heterocycles. The van der Waals surface area contributed by atoms with Crippen molar-refractivity contribution in [3.63, 3.8) is 0 Å². The second kappa shape index (κ2) is 7.37. The number of aliphatic hydroxyl groups excluding tert-OH is 3. The fourth-order valence-corrected chi connectivity index (χ4v) is 1.96. The Hall–Kier alpha value is -0.240. The Labute approximate surface area is 108 Å². The van der Waals surface area contributed by atoms with Crippen LogP contribution in [0.5, 0.6) is 0 Å². The minimum Gasteiger partial charge on any atom is -0.390 e. The highest BCUT2D eigenvalue weighted by Gasteiger charge is 2.41. The van der Waals surface area contributed by atoms with Gasteiger partial charge in [-0.3, -0.25) is 0 Å². The number of hydrogen-bond donors (Lipinski definition) is 3. The highest BCUT2D eigenvalue weighted by Crippen LogP contribution is 2.24. The van der Waals surface area contributed by atoms with Gasteiger partial charge in [0.1, 0.15) is 6.10 Å². The lowest BCUT2D eigenvalue weighted by atomic mass is 9.91. The van der Waals surface area contributed by atoms with Crippen molar-refractivity contribution in [1.82, 2.24) is 4.90 Å². The van der Waals surface area contributed by atoms with Crippen LogP contribution in [0.2, 0.25) is 0 Å². The van der Waals surface area contributed by atoms with Crippen LogP contribution in [-0.4, -0.2) is 78.7 Å². The van der Waals surface area contributed by atoms with Gasteiger partial charge in [0, 0.05) is 12.5 Å². The second-order valence-corrected chi connectivity index (χ2v) is 5.14. The summed E-state index contributed by atoms with van der Waals surface area (Å²) in [6, 6.07) is 0. The van der Waals surface area contributed by atoms with Gasteiger partial charge < -0.3 is 29.7 Å². The van der Waals surface area contributed by atoms with Crippen LogP contribution < -0.4 is 0 Å². The fraction of sp³-hybridized carbons (Fsp3) is 1.00. The number of ether oxygens (including phenoxy) is 2. The smallest absolute Gasteiger partial charge is 0.183 e. The lowest BCUT2D eigenvalue weighted by Gasteiger charge is -2.39. The summed E-state index contributed by atoms with van der Waals surface area (Å²) in [7, 11) is 4.00. The number of rotatable bonds is 6. The van der Waals surface area contributed by atoms with E-state index in [4.69, 9.17) is 9.47 Å². The molecule has 0 saturated carbocycles. The molecule has 1 rings (SSSR count). The minimum atomic E-state index is -1.34. The maximum absolute atomic E-state index is 9.71. The van der Waals surface area contributed by atoms with Crippen molar-refractivity contribution in [2.75, 3.05) is 33.9 Å². The summed E-state index contributed by atoms with van der Waals surface area (Å²) in [5.74, 6) is -0.266. The van der Waals surface area contributed by atoms with Crippen molar-refractivity contribution in [1.29, 1.82) is 0 Å². The molecule has 1 aliphatic heterocycles. The molecule has 108 valence electrons. The van der Waals surface area contributed by atoms with E-state index in [9.17, 15) is 15.3 Å². The van der Waals surface area contributed by atoms with Crippen molar-refractivity contribution in [2.45, 2.75) is 37.9 Å². The molecule has 1 aliphatic rings. The van der Waals surface area contributed by atoms with Crippen molar-refractivity contribution in [2.24, 2.45) is 5.92 Å². The molecule has 0 amide bonds. The predicted molar refractivity (Wildman–Crippen MR) is 66.0 cm³/mol.